The summed E-state index contributed by atoms with van der Waals surface area (Å²) in [5, 5.41) is 6.39. The van der Waals surface area contributed by atoms with Crippen molar-refractivity contribution in [2.45, 2.75) is 31.8 Å². The van der Waals surface area contributed by atoms with E-state index in [1.807, 2.05) is 12.1 Å². The number of rotatable bonds is 3. The van der Waals surface area contributed by atoms with Crippen molar-refractivity contribution in [2.24, 2.45) is 5.92 Å². The number of hydrogen-bond donors (Lipinski definition) is 2. The van der Waals surface area contributed by atoms with Gasteiger partial charge in [0.25, 0.3) is 0 Å². The highest BCUT2D eigenvalue weighted by Gasteiger charge is 2.24. The molecule has 4 nitrogen and oxygen atoms in total. The van der Waals surface area contributed by atoms with Crippen molar-refractivity contribution in [3.05, 3.63) is 35.4 Å². The van der Waals surface area contributed by atoms with Gasteiger partial charge in [0.1, 0.15) is 0 Å². The van der Waals surface area contributed by atoms with E-state index in [-0.39, 0.29) is 24.4 Å². The molecule has 2 unspecified atom stereocenters. The molecule has 1 amide bonds. The highest BCUT2D eigenvalue weighted by atomic mass is 35.5. The van der Waals surface area contributed by atoms with E-state index in [1.165, 1.54) is 11.1 Å². The molecule has 1 aromatic rings. The molecular weight excluding hydrogens is 288 g/mol. The summed E-state index contributed by atoms with van der Waals surface area (Å²) in [6.45, 7) is 3.16. The molecule has 0 spiro atoms. The van der Waals surface area contributed by atoms with Crippen molar-refractivity contribution < 1.29 is 9.53 Å². The second-order valence-electron chi connectivity index (χ2n) is 5.73. The van der Waals surface area contributed by atoms with Crippen LogP contribution in [0.2, 0.25) is 0 Å². The predicted octanol–water partition coefficient (Wildman–Crippen LogP) is 1.67. The Morgan fingerprint density at radius 1 is 1.33 bits per heavy atom. The Kier molecular flexibility index (Phi) is 6.03. The van der Waals surface area contributed by atoms with Crippen molar-refractivity contribution in [1.82, 2.24) is 10.6 Å². The van der Waals surface area contributed by atoms with E-state index in [0.717, 1.165) is 45.6 Å². The molecule has 0 radical (unpaired) electrons. The van der Waals surface area contributed by atoms with E-state index < -0.39 is 0 Å². The maximum Gasteiger partial charge on any atom is 0.237 e. The van der Waals surface area contributed by atoms with Crippen LogP contribution in [0, 0.1) is 5.92 Å². The zero-order chi connectivity index (χ0) is 13.8. The van der Waals surface area contributed by atoms with E-state index >= 15 is 0 Å². The van der Waals surface area contributed by atoms with Crippen LogP contribution in [0.4, 0.5) is 0 Å². The fourth-order valence-corrected chi connectivity index (χ4v) is 2.98. The summed E-state index contributed by atoms with van der Waals surface area (Å²) in [5.41, 5.74) is 2.59. The molecule has 0 saturated carbocycles. The van der Waals surface area contributed by atoms with Crippen LogP contribution in [-0.4, -0.2) is 31.7 Å². The van der Waals surface area contributed by atoms with Crippen LogP contribution >= 0.6 is 12.4 Å². The van der Waals surface area contributed by atoms with Crippen molar-refractivity contribution >= 4 is 18.3 Å². The molecule has 0 aromatic heterocycles. The molecule has 21 heavy (non-hydrogen) atoms. The number of hydrogen-bond acceptors (Lipinski definition) is 3. The average molecular weight is 311 g/mol. The molecule has 3 rings (SSSR count). The summed E-state index contributed by atoms with van der Waals surface area (Å²) in [4.78, 5) is 12.2. The van der Waals surface area contributed by atoms with Gasteiger partial charge in [0.2, 0.25) is 5.91 Å². The van der Waals surface area contributed by atoms with Crippen LogP contribution < -0.4 is 10.6 Å². The van der Waals surface area contributed by atoms with Crippen molar-refractivity contribution in [3.63, 3.8) is 0 Å². The molecule has 1 fully saturated rings. The minimum Gasteiger partial charge on any atom is -0.381 e. The SMILES string of the molecule is Cl.O=C(NCC1CCCOC1)C1Cc2ccccc2CN1. The van der Waals surface area contributed by atoms with E-state index in [0.29, 0.717) is 5.92 Å². The van der Waals surface area contributed by atoms with Crippen LogP contribution in [0.15, 0.2) is 24.3 Å². The lowest BCUT2D eigenvalue weighted by Crippen LogP contribution is -2.49. The highest BCUT2D eigenvalue weighted by molar-refractivity contribution is 5.85. The van der Waals surface area contributed by atoms with Crippen LogP contribution in [0.5, 0.6) is 0 Å². The van der Waals surface area contributed by atoms with Crippen LogP contribution in [0.3, 0.4) is 0 Å². The fourth-order valence-electron chi connectivity index (χ4n) is 2.98. The molecule has 0 bridgehead atoms. The van der Waals surface area contributed by atoms with Crippen LogP contribution in [-0.2, 0) is 22.5 Å². The number of ether oxygens (including phenoxy) is 1. The Morgan fingerprint density at radius 3 is 2.90 bits per heavy atom. The smallest absolute Gasteiger partial charge is 0.237 e. The Labute approximate surface area is 132 Å². The van der Waals surface area contributed by atoms with Gasteiger partial charge < -0.3 is 15.4 Å². The zero-order valence-electron chi connectivity index (χ0n) is 12.1. The van der Waals surface area contributed by atoms with Gasteiger partial charge in [-0.2, -0.15) is 0 Å². The van der Waals surface area contributed by atoms with Gasteiger partial charge >= 0.3 is 0 Å². The Bertz CT molecular complexity index is 475. The summed E-state index contributed by atoms with van der Waals surface area (Å²) >= 11 is 0. The van der Waals surface area contributed by atoms with Gasteiger partial charge in [-0.25, -0.2) is 0 Å². The first kappa shape index (κ1) is 16.3. The number of amides is 1. The number of carbonyl (C=O) groups is 1. The van der Waals surface area contributed by atoms with Gasteiger partial charge in [-0.15, -0.1) is 12.4 Å². The molecule has 2 atom stereocenters. The third-order valence-corrected chi connectivity index (χ3v) is 4.22. The third-order valence-electron chi connectivity index (χ3n) is 4.22. The van der Waals surface area contributed by atoms with Crippen molar-refractivity contribution in [3.8, 4) is 0 Å². The minimum absolute atomic E-state index is 0. The lowest BCUT2D eigenvalue weighted by atomic mass is 9.95. The van der Waals surface area contributed by atoms with Gasteiger partial charge in [0.15, 0.2) is 0 Å². The maximum absolute atomic E-state index is 12.2. The highest BCUT2D eigenvalue weighted by Crippen LogP contribution is 2.17. The molecule has 2 aliphatic rings. The fraction of sp³-hybridized carbons (Fsp3) is 0.562. The molecule has 116 valence electrons. The van der Waals surface area contributed by atoms with Crippen LogP contribution in [0.1, 0.15) is 24.0 Å². The summed E-state index contributed by atoms with van der Waals surface area (Å²) < 4.78 is 5.44. The molecule has 2 heterocycles. The maximum atomic E-state index is 12.2. The summed E-state index contributed by atoms with van der Waals surface area (Å²) in [6.07, 6.45) is 3.04. The average Bonchev–Trinajstić information content (AvgIpc) is 2.53. The van der Waals surface area contributed by atoms with Crippen molar-refractivity contribution in [2.75, 3.05) is 19.8 Å². The first-order valence-corrected chi connectivity index (χ1v) is 7.48. The molecule has 2 N–H and O–H groups in total. The normalized spacial score (nSPS) is 24.6. The Balaban J connectivity index is 0.00000161. The Morgan fingerprint density at radius 2 is 2.14 bits per heavy atom. The molecule has 1 saturated heterocycles. The number of fused-ring (bicyclic) bond motifs is 1. The van der Waals surface area contributed by atoms with Gasteiger partial charge in [-0.1, -0.05) is 24.3 Å². The third kappa shape index (κ3) is 4.19. The first-order chi connectivity index (χ1) is 9.83. The molecule has 5 heteroatoms. The Hall–Kier alpha value is -1.10. The summed E-state index contributed by atoms with van der Waals surface area (Å²) in [6, 6.07) is 8.22. The molecule has 2 aliphatic heterocycles. The summed E-state index contributed by atoms with van der Waals surface area (Å²) in [5.74, 6) is 0.591. The standard InChI is InChI=1S/C16H22N2O2.ClH/c19-16(18-9-12-4-3-7-20-11-12)15-8-13-5-1-2-6-14(13)10-17-15;/h1-2,5-6,12,15,17H,3-4,7-11H2,(H,18,19);1H. The number of nitrogens with one attached hydrogen (secondary N) is 2. The van der Waals surface area contributed by atoms with Gasteiger partial charge in [0, 0.05) is 19.7 Å². The topological polar surface area (TPSA) is 50.4 Å². The monoisotopic (exact) mass is 310 g/mol. The van der Waals surface area contributed by atoms with Gasteiger partial charge in [-0.05, 0) is 36.3 Å². The number of halogens is 1. The van der Waals surface area contributed by atoms with Crippen LogP contribution in [0.25, 0.3) is 0 Å². The zero-order valence-corrected chi connectivity index (χ0v) is 13.0. The number of benzene rings is 1. The number of carbonyl (C=O) groups excluding carboxylic acids is 1. The second kappa shape index (κ2) is 7.78. The molecule has 0 aliphatic carbocycles. The van der Waals surface area contributed by atoms with E-state index in [4.69, 9.17) is 4.74 Å². The van der Waals surface area contributed by atoms with E-state index in [9.17, 15) is 4.79 Å². The van der Waals surface area contributed by atoms with E-state index in [1.54, 1.807) is 0 Å². The molecule has 1 aromatic carbocycles. The van der Waals surface area contributed by atoms with Gasteiger partial charge in [0.05, 0.1) is 12.6 Å². The van der Waals surface area contributed by atoms with Gasteiger partial charge in [-0.3, -0.25) is 4.79 Å². The minimum atomic E-state index is -0.102. The van der Waals surface area contributed by atoms with Crippen molar-refractivity contribution in [1.29, 1.82) is 0 Å². The quantitative estimate of drug-likeness (QED) is 0.893. The lowest BCUT2D eigenvalue weighted by Gasteiger charge is -2.27. The predicted molar refractivity (Wildman–Crippen MR) is 84.6 cm³/mol. The lowest BCUT2D eigenvalue weighted by molar-refractivity contribution is -0.123. The largest absolute Gasteiger partial charge is 0.381 e. The second-order valence-corrected chi connectivity index (χ2v) is 5.73. The summed E-state index contributed by atoms with van der Waals surface area (Å²) in [7, 11) is 0. The first-order valence-electron chi connectivity index (χ1n) is 7.48. The molecular formula is C16H23ClN2O2. The van der Waals surface area contributed by atoms with E-state index in [2.05, 4.69) is 22.8 Å².